The Balaban J connectivity index is 2.46. The molecule has 3 heteroatoms. The van der Waals surface area contributed by atoms with Crippen molar-refractivity contribution in [1.29, 1.82) is 0 Å². The number of ether oxygens (including phenoxy) is 2. The van der Waals surface area contributed by atoms with Crippen LogP contribution in [0.15, 0.2) is 18.2 Å². The zero-order chi connectivity index (χ0) is 10.1. The number of aromatic hydroxyl groups is 1. The first-order valence-corrected chi connectivity index (χ1v) is 4.73. The summed E-state index contributed by atoms with van der Waals surface area (Å²) in [5.74, 6) is 0.983. The highest BCUT2D eigenvalue weighted by atomic mass is 16.5. The summed E-state index contributed by atoms with van der Waals surface area (Å²) >= 11 is 0. The molecular weight excluding hydrogens is 180 g/mol. The molecule has 1 aromatic rings. The highest BCUT2D eigenvalue weighted by Crippen LogP contribution is 2.41. The molecule has 0 saturated heterocycles. The fourth-order valence-corrected chi connectivity index (χ4v) is 1.86. The van der Waals surface area contributed by atoms with Gasteiger partial charge in [0, 0.05) is 13.5 Å². The molecule has 0 aliphatic carbocycles. The minimum Gasteiger partial charge on any atom is -0.507 e. The lowest BCUT2D eigenvalue weighted by Crippen LogP contribution is -2.23. The first-order valence-electron chi connectivity index (χ1n) is 4.73. The minimum atomic E-state index is -0.0602. The molecule has 1 aromatic carbocycles. The quantitative estimate of drug-likeness (QED) is 0.745. The molecule has 2 atom stereocenters. The van der Waals surface area contributed by atoms with Crippen LogP contribution in [0.25, 0.3) is 0 Å². The van der Waals surface area contributed by atoms with E-state index >= 15 is 0 Å². The average molecular weight is 194 g/mol. The van der Waals surface area contributed by atoms with Gasteiger partial charge in [-0.1, -0.05) is 6.07 Å². The predicted molar refractivity (Wildman–Crippen MR) is 52.6 cm³/mol. The summed E-state index contributed by atoms with van der Waals surface area (Å²) in [6, 6.07) is 5.29. The maximum atomic E-state index is 9.68. The Kier molecular flexibility index (Phi) is 2.33. The van der Waals surface area contributed by atoms with Gasteiger partial charge in [0.05, 0.1) is 17.8 Å². The second-order valence-corrected chi connectivity index (χ2v) is 3.58. The fraction of sp³-hybridized carbons (Fsp3) is 0.455. The van der Waals surface area contributed by atoms with Gasteiger partial charge < -0.3 is 14.6 Å². The van der Waals surface area contributed by atoms with Crippen molar-refractivity contribution in [3.8, 4) is 11.5 Å². The SMILES string of the molecule is COC1CC(C)Oc2cccc(O)c21. The van der Waals surface area contributed by atoms with Gasteiger partial charge >= 0.3 is 0 Å². The van der Waals surface area contributed by atoms with E-state index in [4.69, 9.17) is 9.47 Å². The zero-order valence-corrected chi connectivity index (χ0v) is 8.36. The second-order valence-electron chi connectivity index (χ2n) is 3.58. The lowest BCUT2D eigenvalue weighted by molar-refractivity contribution is 0.0348. The Hall–Kier alpha value is -1.22. The number of benzene rings is 1. The molecule has 0 saturated carbocycles. The third-order valence-electron chi connectivity index (χ3n) is 2.52. The highest BCUT2D eigenvalue weighted by molar-refractivity contribution is 5.46. The summed E-state index contributed by atoms with van der Waals surface area (Å²) < 4.78 is 10.9. The average Bonchev–Trinajstić information content (AvgIpc) is 2.16. The molecule has 3 nitrogen and oxygen atoms in total. The van der Waals surface area contributed by atoms with Gasteiger partial charge in [-0.05, 0) is 19.1 Å². The van der Waals surface area contributed by atoms with Gasteiger partial charge in [0.1, 0.15) is 11.5 Å². The lowest BCUT2D eigenvalue weighted by Gasteiger charge is -2.29. The molecule has 0 fully saturated rings. The van der Waals surface area contributed by atoms with Gasteiger partial charge in [0.15, 0.2) is 0 Å². The summed E-state index contributed by atoms with van der Waals surface area (Å²) in [5, 5.41) is 9.68. The van der Waals surface area contributed by atoms with Crippen molar-refractivity contribution < 1.29 is 14.6 Å². The first kappa shape index (κ1) is 9.34. The molecule has 1 heterocycles. The van der Waals surface area contributed by atoms with Crippen molar-refractivity contribution >= 4 is 0 Å². The molecule has 0 bridgehead atoms. The maximum absolute atomic E-state index is 9.68. The van der Waals surface area contributed by atoms with Gasteiger partial charge in [-0.15, -0.1) is 0 Å². The normalized spacial score (nSPS) is 25.3. The standard InChI is InChI=1S/C11H14O3/c1-7-6-10(13-2)11-8(12)4-3-5-9(11)14-7/h3-5,7,10,12H,6H2,1-2H3. The molecule has 1 aliphatic rings. The van der Waals surface area contributed by atoms with Crippen LogP contribution < -0.4 is 4.74 Å². The van der Waals surface area contributed by atoms with Crippen LogP contribution in [0, 0.1) is 0 Å². The molecule has 0 aromatic heterocycles. The topological polar surface area (TPSA) is 38.7 Å². The number of hydrogen-bond donors (Lipinski definition) is 1. The molecule has 14 heavy (non-hydrogen) atoms. The molecular formula is C11H14O3. The van der Waals surface area contributed by atoms with Crippen LogP contribution >= 0.6 is 0 Å². The van der Waals surface area contributed by atoms with E-state index in [-0.39, 0.29) is 18.0 Å². The molecule has 0 radical (unpaired) electrons. The Labute approximate surface area is 83.3 Å². The monoisotopic (exact) mass is 194 g/mol. The van der Waals surface area contributed by atoms with Gasteiger partial charge in [0.25, 0.3) is 0 Å². The van der Waals surface area contributed by atoms with E-state index in [2.05, 4.69) is 0 Å². The number of fused-ring (bicyclic) bond motifs is 1. The number of phenols is 1. The maximum Gasteiger partial charge on any atom is 0.129 e. The van der Waals surface area contributed by atoms with Crippen LogP contribution in [-0.4, -0.2) is 18.3 Å². The molecule has 2 rings (SSSR count). The van der Waals surface area contributed by atoms with Crippen molar-refractivity contribution in [3.63, 3.8) is 0 Å². The molecule has 76 valence electrons. The first-order chi connectivity index (χ1) is 6.72. The minimum absolute atomic E-state index is 0.0602. The molecule has 1 N–H and O–H groups in total. The summed E-state index contributed by atoms with van der Waals surface area (Å²) in [7, 11) is 1.65. The number of hydrogen-bond acceptors (Lipinski definition) is 3. The Morgan fingerprint density at radius 3 is 3.00 bits per heavy atom. The van der Waals surface area contributed by atoms with E-state index < -0.39 is 0 Å². The number of rotatable bonds is 1. The third kappa shape index (κ3) is 1.44. The van der Waals surface area contributed by atoms with Gasteiger partial charge in [-0.3, -0.25) is 0 Å². The van der Waals surface area contributed by atoms with Crippen molar-refractivity contribution in [1.82, 2.24) is 0 Å². The van der Waals surface area contributed by atoms with E-state index in [1.54, 1.807) is 19.2 Å². The largest absolute Gasteiger partial charge is 0.507 e. The molecule has 0 amide bonds. The summed E-state index contributed by atoms with van der Waals surface area (Å²) in [6.07, 6.45) is 0.852. The van der Waals surface area contributed by atoms with Crippen molar-refractivity contribution in [2.75, 3.05) is 7.11 Å². The smallest absolute Gasteiger partial charge is 0.129 e. The van der Waals surface area contributed by atoms with Crippen LogP contribution in [0.1, 0.15) is 25.0 Å². The van der Waals surface area contributed by atoms with E-state index in [0.29, 0.717) is 0 Å². The molecule has 2 unspecified atom stereocenters. The summed E-state index contributed by atoms with van der Waals surface area (Å²) in [6.45, 7) is 2.00. The second kappa shape index (κ2) is 3.50. The van der Waals surface area contributed by atoms with Crippen LogP contribution in [0.4, 0.5) is 0 Å². The van der Waals surface area contributed by atoms with Gasteiger partial charge in [-0.25, -0.2) is 0 Å². The third-order valence-corrected chi connectivity index (χ3v) is 2.52. The molecule has 0 spiro atoms. The van der Waals surface area contributed by atoms with Crippen molar-refractivity contribution in [2.24, 2.45) is 0 Å². The van der Waals surface area contributed by atoms with E-state index in [0.717, 1.165) is 17.7 Å². The van der Waals surface area contributed by atoms with Crippen molar-refractivity contribution in [2.45, 2.75) is 25.6 Å². The Bertz CT molecular complexity index is 335. The summed E-state index contributed by atoms with van der Waals surface area (Å²) in [5.41, 5.74) is 0.771. The number of methoxy groups -OCH3 is 1. The highest BCUT2D eigenvalue weighted by Gasteiger charge is 2.28. The Morgan fingerprint density at radius 1 is 1.50 bits per heavy atom. The zero-order valence-electron chi connectivity index (χ0n) is 8.36. The van der Waals surface area contributed by atoms with Crippen LogP contribution in [0.5, 0.6) is 11.5 Å². The van der Waals surface area contributed by atoms with Crippen LogP contribution in [0.2, 0.25) is 0 Å². The fourth-order valence-electron chi connectivity index (χ4n) is 1.86. The Morgan fingerprint density at radius 2 is 2.29 bits per heavy atom. The van der Waals surface area contributed by atoms with E-state index in [1.165, 1.54) is 0 Å². The van der Waals surface area contributed by atoms with Gasteiger partial charge in [0.2, 0.25) is 0 Å². The van der Waals surface area contributed by atoms with Gasteiger partial charge in [-0.2, -0.15) is 0 Å². The van der Waals surface area contributed by atoms with Crippen molar-refractivity contribution in [3.05, 3.63) is 23.8 Å². The predicted octanol–water partition coefficient (Wildman–Crippen LogP) is 2.25. The van der Waals surface area contributed by atoms with Crippen LogP contribution in [-0.2, 0) is 4.74 Å². The number of phenolic OH excluding ortho intramolecular Hbond substituents is 1. The summed E-state index contributed by atoms with van der Waals surface area (Å²) in [4.78, 5) is 0. The van der Waals surface area contributed by atoms with E-state index in [9.17, 15) is 5.11 Å². The lowest BCUT2D eigenvalue weighted by atomic mass is 9.99. The molecule has 1 aliphatic heterocycles. The van der Waals surface area contributed by atoms with E-state index in [1.807, 2.05) is 13.0 Å². The van der Waals surface area contributed by atoms with Crippen LogP contribution in [0.3, 0.4) is 0 Å².